The summed E-state index contributed by atoms with van der Waals surface area (Å²) < 4.78 is 0. The molecule has 8 bridgehead atoms. The van der Waals surface area contributed by atoms with Gasteiger partial charge in [0.15, 0.2) is 0 Å². The zero-order chi connectivity index (χ0) is 40.6. The van der Waals surface area contributed by atoms with Crippen molar-refractivity contribution < 1.29 is 23.3 Å². The summed E-state index contributed by atoms with van der Waals surface area (Å²) in [6.45, 7) is 12.9. The third-order valence-electron chi connectivity index (χ3n) is 16.1. The summed E-state index contributed by atoms with van der Waals surface area (Å²) in [6, 6.07) is 41.6. The van der Waals surface area contributed by atoms with Gasteiger partial charge in [0.1, 0.15) is 0 Å². The Morgan fingerprint density at radius 2 is 0.823 bits per heavy atom. The van der Waals surface area contributed by atoms with Crippen molar-refractivity contribution in [2.45, 2.75) is 104 Å². The summed E-state index contributed by atoms with van der Waals surface area (Å²) >= 11 is 1.36. The van der Waals surface area contributed by atoms with Crippen LogP contribution in [-0.4, -0.2) is 6.88 Å². The molecule has 0 aromatic heterocycles. The van der Waals surface area contributed by atoms with E-state index in [4.69, 9.17) is 0 Å². The normalized spacial score (nSPS) is 27.9. The van der Waals surface area contributed by atoms with E-state index < -0.39 is 0 Å². The summed E-state index contributed by atoms with van der Waals surface area (Å²) in [5.74, 6) is 10.3. The van der Waals surface area contributed by atoms with Crippen molar-refractivity contribution in [3.05, 3.63) is 146 Å². The average molecular weight is 957 g/mol. The molecular weight excluding hydrogens is 887 g/mol. The quantitative estimate of drug-likeness (QED) is 0.115. The second-order valence-corrected chi connectivity index (χ2v) is 20.2. The van der Waals surface area contributed by atoms with Gasteiger partial charge in [-0.1, -0.05) is 89.8 Å². The van der Waals surface area contributed by atoms with Crippen molar-refractivity contribution in [2.75, 3.05) is 0 Å². The molecule has 6 aromatic carbocycles. The molecule has 0 heterocycles. The predicted molar refractivity (Wildman–Crippen MR) is 270 cm³/mol. The number of hydrogen-bond donors (Lipinski definition) is 0. The molecule has 0 atom stereocenters. The molecule has 0 amide bonds. The SMILES string of the molecule is Cc1ccc(-c2cccc3[cH-]c(CC4C5CC6CC(C5)CC4C6)cc23)cc1.Cc1ccc(-c2cccc3[cH-]c(CC4C5CC6CC(C5)CC4C6)cc23)cc1.Cl.Cl.[CH2-]CC.[CH3-].[Si]=[Zr]. The van der Waals surface area contributed by atoms with E-state index >= 15 is 0 Å². The zero-order valence-corrected chi connectivity index (χ0v) is 43.0. The fourth-order valence-electron chi connectivity index (χ4n) is 14.1. The summed E-state index contributed by atoms with van der Waals surface area (Å²) in [5.41, 5.74) is 11.3. The van der Waals surface area contributed by atoms with Crippen molar-refractivity contribution in [1.29, 1.82) is 0 Å². The predicted octanol–water partition coefficient (Wildman–Crippen LogP) is 16.4. The van der Waals surface area contributed by atoms with Crippen molar-refractivity contribution in [1.82, 2.24) is 0 Å². The summed E-state index contributed by atoms with van der Waals surface area (Å²) in [7, 11) is 0. The molecule has 0 saturated heterocycles. The van der Waals surface area contributed by atoms with E-state index in [1.54, 1.807) is 24.0 Å². The van der Waals surface area contributed by atoms with Crippen LogP contribution >= 0.6 is 24.8 Å². The van der Waals surface area contributed by atoms with Crippen molar-refractivity contribution >= 4 is 53.2 Å². The molecule has 0 spiro atoms. The topological polar surface area (TPSA) is 0 Å². The first kappa shape index (κ1) is 49.2. The van der Waals surface area contributed by atoms with Gasteiger partial charge >= 0.3 is 30.2 Å². The molecule has 0 N–H and O–H groups in total. The van der Waals surface area contributed by atoms with Crippen LogP contribution in [0.1, 0.15) is 99.8 Å². The Labute approximate surface area is 405 Å². The monoisotopic (exact) mass is 954 g/mol. The molecule has 6 aromatic rings. The summed E-state index contributed by atoms with van der Waals surface area (Å²) in [4.78, 5) is 0. The van der Waals surface area contributed by atoms with Crippen LogP contribution in [0.25, 0.3) is 43.8 Å². The van der Waals surface area contributed by atoms with E-state index in [0.717, 1.165) is 65.6 Å². The third kappa shape index (κ3) is 10.4. The van der Waals surface area contributed by atoms with Gasteiger partial charge in [-0.2, -0.15) is 18.6 Å². The van der Waals surface area contributed by atoms with E-state index in [1.165, 1.54) is 142 Å². The average Bonchev–Trinajstić information content (AvgIpc) is 3.86. The Kier molecular flexibility index (Phi) is 17.3. The van der Waals surface area contributed by atoms with Crippen LogP contribution in [0, 0.1) is 87.4 Å². The van der Waals surface area contributed by atoms with E-state index in [0.29, 0.717) is 0 Å². The molecule has 0 nitrogen and oxygen atoms in total. The first-order valence-electron chi connectivity index (χ1n) is 23.4. The molecule has 62 heavy (non-hydrogen) atoms. The van der Waals surface area contributed by atoms with Crippen LogP contribution < -0.4 is 0 Å². The molecule has 8 fully saturated rings. The van der Waals surface area contributed by atoms with Crippen molar-refractivity contribution in [2.24, 2.45) is 59.2 Å². The number of hydrogen-bond acceptors (Lipinski definition) is 0. The molecule has 2 radical (unpaired) electrons. The Morgan fingerprint density at radius 3 is 1.13 bits per heavy atom. The van der Waals surface area contributed by atoms with E-state index in [1.807, 2.05) is 6.92 Å². The molecule has 4 heteroatoms. The van der Waals surface area contributed by atoms with Gasteiger partial charge in [0, 0.05) is 0 Å². The van der Waals surface area contributed by atoms with Crippen LogP contribution in [0.4, 0.5) is 0 Å². The molecule has 8 aliphatic carbocycles. The number of halogens is 2. The van der Waals surface area contributed by atoms with Crippen LogP contribution in [-0.2, 0) is 36.2 Å². The van der Waals surface area contributed by atoms with Crippen molar-refractivity contribution in [3.63, 3.8) is 0 Å². The van der Waals surface area contributed by atoms with Gasteiger partial charge in [0.2, 0.25) is 0 Å². The van der Waals surface area contributed by atoms with Crippen LogP contribution in [0.5, 0.6) is 0 Å². The fourth-order valence-corrected chi connectivity index (χ4v) is 14.1. The van der Waals surface area contributed by atoms with E-state index in [2.05, 4.69) is 137 Å². The Morgan fingerprint density at radius 1 is 0.516 bits per heavy atom. The minimum absolute atomic E-state index is 0. The van der Waals surface area contributed by atoms with Crippen LogP contribution in [0.15, 0.2) is 109 Å². The van der Waals surface area contributed by atoms with Crippen LogP contribution in [0.3, 0.4) is 0 Å². The Hall–Kier alpha value is -2.22. The summed E-state index contributed by atoms with van der Waals surface area (Å²) in [6.07, 6.45) is 19.0. The standard InChI is InChI=1S/2C27H29.C3H7.CH3.2ClH.Si.Zr/c2*1-17-5-7-21(8-6-17)25-4-2-3-22-10-20(16-27(22)25)15-26-23-11-18-9-19(13-23)14-24(26)12-18;1-3-2;;;;;/h2*2-8,10,16,18-19,23-24,26H,9,11-15H2,1H3;1,3H2,2H3;1H3;2*1H;;/q4*-1;;;;. The molecule has 8 aliphatic rings. The first-order valence-corrected chi connectivity index (χ1v) is 27.6. The van der Waals surface area contributed by atoms with Gasteiger partial charge in [-0.25, -0.2) is 0 Å². The number of benzene rings is 4. The number of fused-ring (bicyclic) bond motifs is 2. The molecule has 0 aliphatic heterocycles. The molecule has 0 unspecified atom stereocenters. The third-order valence-corrected chi connectivity index (χ3v) is 16.1. The zero-order valence-electron chi connectivity index (χ0n) is 37.9. The summed E-state index contributed by atoms with van der Waals surface area (Å²) in [5, 5.41) is 5.74. The minimum atomic E-state index is 0. The number of rotatable bonds is 6. The van der Waals surface area contributed by atoms with Gasteiger partial charge < -0.3 is 14.4 Å². The van der Waals surface area contributed by atoms with Gasteiger partial charge in [-0.05, 0) is 161 Å². The van der Waals surface area contributed by atoms with Gasteiger partial charge in [0.05, 0.1) is 0 Å². The van der Waals surface area contributed by atoms with E-state index in [-0.39, 0.29) is 32.2 Å². The molecule has 328 valence electrons. The maximum absolute atomic E-state index is 3.49. The Bertz CT molecular complexity index is 2110. The maximum atomic E-state index is 3.49. The first-order chi connectivity index (χ1) is 28.9. The molecule has 8 saturated carbocycles. The van der Waals surface area contributed by atoms with E-state index in [9.17, 15) is 0 Å². The molecular formula is C58H70Cl2SiZr-4. The molecule has 14 rings (SSSR count). The van der Waals surface area contributed by atoms with Crippen LogP contribution in [0.2, 0.25) is 0 Å². The second kappa shape index (κ2) is 21.8. The van der Waals surface area contributed by atoms with Gasteiger partial charge in [-0.15, -0.1) is 93.9 Å². The van der Waals surface area contributed by atoms with Gasteiger partial charge in [-0.3, -0.25) is 0 Å². The van der Waals surface area contributed by atoms with Gasteiger partial charge in [0.25, 0.3) is 0 Å². The fraction of sp³-hybridized carbons (Fsp3) is 0.448. The Balaban J connectivity index is 0.000000180. The second-order valence-electron chi connectivity index (χ2n) is 20.2. The number of aryl methyl sites for hydroxylation is 2. The van der Waals surface area contributed by atoms with Crippen molar-refractivity contribution in [3.8, 4) is 22.3 Å².